The fraction of sp³-hybridized carbons (Fsp3) is 0.444. The number of thioether (sulfide) groups is 1. The van der Waals surface area contributed by atoms with Crippen molar-refractivity contribution in [1.82, 2.24) is 5.32 Å². The first kappa shape index (κ1) is 19.3. The van der Waals surface area contributed by atoms with Crippen LogP contribution in [0.2, 0.25) is 0 Å². The summed E-state index contributed by atoms with van der Waals surface area (Å²) in [6, 6.07) is 10.1. The molecule has 0 spiro atoms. The van der Waals surface area contributed by atoms with Crippen molar-refractivity contribution < 1.29 is 14.3 Å². The maximum absolute atomic E-state index is 11.6. The largest absolute Gasteiger partial charge is 0.469 e. The van der Waals surface area contributed by atoms with E-state index in [4.69, 9.17) is 0 Å². The Hall–Kier alpha value is -1.75. The Labute approximate surface area is 142 Å². The normalized spacial score (nSPS) is 10.7. The Morgan fingerprint density at radius 1 is 1.13 bits per heavy atom. The molecule has 1 aromatic rings. The van der Waals surface area contributed by atoms with Gasteiger partial charge in [0.05, 0.1) is 7.11 Å². The molecule has 0 heterocycles. The van der Waals surface area contributed by atoms with Gasteiger partial charge in [-0.1, -0.05) is 36.8 Å². The molecule has 126 valence electrons. The lowest BCUT2D eigenvalue weighted by Crippen LogP contribution is -2.24. The van der Waals surface area contributed by atoms with Crippen molar-refractivity contribution in [3.05, 3.63) is 41.3 Å². The minimum Gasteiger partial charge on any atom is -0.469 e. The van der Waals surface area contributed by atoms with Crippen LogP contribution in [0.15, 0.2) is 35.7 Å². The van der Waals surface area contributed by atoms with Crippen molar-refractivity contribution in [2.45, 2.75) is 32.1 Å². The smallest absolute Gasteiger partial charge is 0.305 e. The second-order valence-electron chi connectivity index (χ2n) is 5.07. The van der Waals surface area contributed by atoms with E-state index in [2.05, 4.69) is 10.1 Å². The Bertz CT molecular complexity index is 488. The Morgan fingerprint density at radius 2 is 1.91 bits per heavy atom. The van der Waals surface area contributed by atoms with E-state index in [1.807, 2.05) is 41.8 Å². The van der Waals surface area contributed by atoms with Crippen molar-refractivity contribution >= 4 is 29.7 Å². The van der Waals surface area contributed by atoms with Crippen LogP contribution in [0, 0.1) is 0 Å². The first-order valence-electron chi connectivity index (χ1n) is 7.89. The molecular weight excluding hydrogens is 310 g/mol. The first-order valence-corrected chi connectivity index (χ1v) is 8.94. The number of esters is 1. The number of ether oxygens (including phenoxy) is 1. The number of hydrogen-bond acceptors (Lipinski definition) is 4. The van der Waals surface area contributed by atoms with Crippen LogP contribution in [0.25, 0.3) is 6.08 Å². The topological polar surface area (TPSA) is 55.4 Å². The molecule has 0 radical (unpaired) electrons. The van der Waals surface area contributed by atoms with Gasteiger partial charge in [-0.3, -0.25) is 9.59 Å². The summed E-state index contributed by atoms with van der Waals surface area (Å²) < 4.78 is 4.57. The van der Waals surface area contributed by atoms with Gasteiger partial charge >= 0.3 is 5.97 Å². The molecule has 0 saturated carbocycles. The van der Waals surface area contributed by atoms with Gasteiger partial charge in [-0.25, -0.2) is 0 Å². The summed E-state index contributed by atoms with van der Waals surface area (Å²) in [4.78, 5) is 22.6. The van der Waals surface area contributed by atoms with Crippen LogP contribution in [0.3, 0.4) is 0 Å². The molecule has 1 N–H and O–H groups in total. The number of rotatable bonds is 11. The van der Waals surface area contributed by atoms with Gasteiger partial charge < -0.3 is 10.1 Å². The van der Waals surface area contributed by atoms with E-state index in [1.54, 1.807) is 11.8 Å². The van der Waals surface area contributed by atoms with E-state index in [1.165, 1.54) is 7.11 Å². The molecule has 4 nitrogen and oxygen atoms in total. The van der Waals surface area contributed by atoms with Gasteiger partial charge in [-0.05, 0) is 29.9 Å². The van der Waals surface area contributed by atoms with Crippen molar-refractivity contribution in [3.8, 4) is 0 Å². The Balaban J connectivity index is 1.96. The molecule has 1 amide bonds. The van der Waals surface area contributed by atoms with Crippen molar-refractivity contribution in [1.29, 1.82) is 0 Å². The lowest BCUT2D eigenvalue weighted by Gasteiger charge is -2.04. The van der Waals surface area contributed by atoms with Gasteiger partial charge in [0.15, 0.2) is 0 Å². The van der Waals surface area contributed by atoms with Crippen molar-refractivity contribution in [2.75, 3.05) is 19.4 Å². The average molecular weight is 335 g/mol. The molecule has 0 fully saturated rings. The number of carbonyl (C=O) groups is 2. The summed E-state index contributed by atoms with van der Waals surface area (Å²) in [6.07, 6.45) is 5.64. The summed E-state index contributed by atoms with van der Waals surface area (Å²) in [7, 11) is 1.40. The molecule has 0 bridgehead atoms. The molecule has 0 saturated heterocycles. The highest BCUT2D eigenvalue weighted by molar-refractivity contribution is 8.02. The maximum atomic E-state index is 11.6. The second-order valence-corrected chi connectivity index (χ2v) is 6.08. The summed E-state index contributed by atoms with van der Waals surface area (Å²) >= 11 is 1.64. The van der Waals surface area contributed by atoms with Crippen LogP contribution < -0.4 is 5.32 Å². The molecule has 0 unspecified atom stereocenters. The SMILES string of the molecule is COC(=O)CCCCCNC(=O)CCS/C=C\c1ccccc1. The number of carbonyl (C=O) groups excluding carboxylic acids is 2. The van der Waals surface area contributed by atoms with E-state index < -0.39 is 0 Å². The summed E-state index contributed by atoms with van der Waals surface area (Å²) in [5, 5.41) is 4.92. The molecule has 1 rings (SSSR count). The number of amides is 1. The zero-order valence-electron chi connectivity index (χ0n) is 13.6. The molecule has 0 aliphatic carbocycles. The highest BCUT2D eigenvalue weighted by Gasteiger charge is 2.01. The minimum absolute atomic E-state index is 0.0820. The van der Waals surface area contributed by atoms with Gasteiger partial charge in [-0.2, -0.15) is 0 Å². The van der Waals surface area contributed by atoms with E-state index in [0.29, 0.717) is 19.4 Å². The van der Waals surface area contributed by atoms with Crippen LogP contribution in [0.1, 0.15) is 37.7 Å². The second kappa shape index (κ2) is 12.8. The van der Waals surface area contributed by atoms with Crippen LogP contribution >= 0.6 is 11.8 Å². The quantitative estimate of drug-likeness (QED) is 0.495. The Morgan fingerprint density at radius 3 is 2.65 bits per heavy atom. The molecule has 0 atom stereocenters. The number of nitrogens with one attached hydrogen (secondary N) is 1. The molecule has 0 aliphatic heterocycles. The first-order chi connectivity index (χ1) is 11.2. The highest BCUT2D eigenvalue weighted by atomic mass is 32.2. The molecular formula is C18H25NO3S. The maximum Gasteiger partial charge on any atom is 0.305 e. The number of unbranched alkanes of at least 4 members (excludes halogenated alkanes) is 2. The molecule has 0 aliphatic rings. The van der Waals surface area contributed by atoms with Crippen LogP contribution in [0.4, 0.5) is 0 Å². The van der Waals surface area contributed by atoms with E-state index in [-0.39, 0.29) is 11.9 Å². The summed E-state index contributed by atoms with van der Waals surface area (Å²) in [5.74, 6) is 0.686. The number of methoxy groups -OCH3 is 1. The number of benzene rings is 1. The van der Waals surface area contributed by atoms with E-state index in [0.717, 1.165) is 30.6 Å². The van der Waals surface area contributed by atoms with E-state index >= 15 is 0 Å². The monoisotopic (exact) mass is 335 g/mol. The van der Waals surface area contributed by atoms with Crippen LogP contribution in [0.5, 0.6) is 0 Å². The average Bonchev–Trinajstić information content (AvgIpc) is 2.58. The standard InChI is InChI=1S/C18H25NO3S/c1-22-18(21)10-6-3-7-13-19-17(20)12-15-23-14-11-16-8-4-2-5-9-16/h2,4-5,8-9,11,14H,3,6-7,10,12-13,15H2,1H3,(H,19,20)/b14-11-. The fourth-order valence-corrected chi connectivity index (χ4v) is 2.59. The minimum atomic E-state index is -0.172. The third kappa shape index (κ3) is 10.6. The Kier molecular flexibility index (Phi) is 10.7. The predicted octanol–water partition coefficient (Wildman–Crippen LogP) is 3.63. The van der Waals surface area contributed by atoms with Crippen molar-refractivity contribution in [2.24, 2.45) is 0 Å². The van der Waals surface area contributed by atoms with Gasteiger partial charge in [0.2, 0.25) is 5.91 Å². The predicted molar refractivity (Wildman–Crippen MR) is 96.0 cm³/mol. The lowest BCUT2D eigenvalue weighted by molar-refractivity contribution is -0.140. The van der Waals surface area contributed by atoms with Gasteiger partial charge in [0, 0.05) is 25.1 Å². The van der Waals surface area contributed by atoms with Crippen LogP contribution in [-0.2, 0) is 14.3 Å². The zero-order chi connectivity index (χ0) is 16.8. The highest BCUT2D eigenvalue weighted by Crippen LogP contribution is 2.09. The molecule has 5 heteroatoms. The lowest BCUT2D eigenvalue weighted by atomic mass is 10.2. The zero-order valence-corrected chi connectivity index (χ0v) is 14.4. The van der Waals surface area contributed by atoms with E-state index in [9.17, 15) is 9.59 Å². The molecule has 1 aromatic carbocycles. The van der Waals surface area contributed by atoms with Gasteiger partial charge in [0.1, 0.15) is 0 Å². The third-order valence-corrected chi connectivity index (χ3v) is 3.98. The van der Waals surface area contributed by atoms with Gasteiger partial charge in [0.25, 0.3) is 0 Å². The van der Waals surface area contributed by atoms with Gasteiger partial charge in [-0.15, -0.1) is 11.8 Å². The number of hydrogen-bond donors (Lipinski definition) is 1. The fourth-order valence-electron chi connectivity index (χ4n) is 1.90. The third-order valence-electron chi connectivity index (χ3n) is 3.21. The van der Waals surface area contributed by atoms with Crippen LogP contribution in [-0.4, -0.2) is 31.3 Å². The molecule has 23 heavy (non-hydrogen) atoms. The summed E-state index contributed by atoms with van der Waals surface area (Å²) in [5.41, 5.74) is 1.16. The summed E-state index contributed by atoms with van der Waals surface area (Å²) in [6.45, 7) is 0.671. The molecule has 0 aromatic heterocycles. The van der Waals surface area contributed by atoms with Crippen molar-refractivity contribution in [3.63, 3.8) is 0 Å².